The van der Waals surface area contributed by atoms with E-state index in [0.717, 1.165) is 25.9 Å². The maximum absolute atomic E-state index is 12.6. The van der Waals surface area contributed by atoms with Crippen molar-refractivity contribution in [3.8, 4) is 0 Å². The molecule has 7 heteroatoms. The molecule has 2 heterocycles. The normalized spacial score (nSPS) is 21.7. The summed E-state index contributed by atoms with van der Waals surface area (Å²) < 4.78 is 0. The van der Waals surface area contributed by atoms with Crippen LogP contribution in [0.25, 0.3) is 0 Å². The Labute approximate surface area is 151 Å². The zero-order valence-electron chi connectivity index (χ0n) is 13.4. The van der Waals surface area contributed by atoms with Crippen molar-refractivity contribution < 1.29 is 9.59 Å². The van der Waals surface area contributed by atoms with E-state index in [2.05, 4.69) is 5.32 Å². The average molecular weight is 370 g/mol. The molecular formula is C17H21Cl2N3O2. The summed E-state index contributed by atoms with van der Waals surface area (Å²) in [5, 5.41) is 3.94. The topological polar surface area (TPSA) is 52.7 Å². The van der Waals surface area contributed by atoms with E-state index in [1.807, 2.05) is 4.90 Å². The highest BCUT2D eigenvalue weighted by atomic mass is 35.5. The van der Waals surface area contributed by atoms with Gasteiger partial charge in [0.05, 0.1) is 21.5 Å². The molecule has 3 rings (SSSR count). The minimum Gasteiger partial charge on any atom is -0.339 e. The summed E-state index contributed by atoms with van der Waals surface area (Å²) in [6.07, 6.45) is 1.99. The number of piperazine rings is 1. The Morgan fingerprint density at radius 3 is 2.46 bits per heavy atom. The number of nitrogens with zero attached hydrogens (tertiary/aromatic N) is 2. The van der Waals surface area contributed by atoms with Crippen LogP contribution in [0.1, 0.15) is 23.2 Å². The van der Waals surface area contributed by atoms with Crippen LogP contribution in [0, 0.1) is 5.92 Å². The molecule has 0 saturated carbocycles. The van der Waals surface area contributed by atoms with E-state index in [-0.39, 0.29) is 22.8 Å². The number of rotatable bonds is 2. The lowest BCUT2D eigenvalue weighted by atomic mass is 9.98. The lowest BCUT2D eigenvalue weighted by molar-refractivity contribution is -0.137. The fourth-order valence-electron chi connectivity index (χ4n) is 3.29. The van der Waals surface area contributed by atoms with Gasteiger partial charge in [0, 0.05) is 32.7 Å². The minimum absolute atomic E-state index is 0.0726. The van der Waals surface area contributed by atoms with Crippen molar-refractivity contribution in [2.75, 3.05) is 39.3 Å². The lowest BCUT2D eigenvalue weighted by Gasteiger charge is -2.37. The van der Waals surface area contributed by atoms with Crippen molar-refractivity contribution in [2.45, 2.75) is 12.8 Å². The number of amides is 2. The van der Waals surface area contributed by atoms with Gasteiger partial charge in [-0.05, 0) is 31.5 Å². The summed E-state index contributed by atoms with van der Waals surface area (Å²) >= 11 is 12.1. The second-order valence-electron chi connectivity index (χ2n) is 6.26. The Balaban J connectivity index is 1.59. The highest BCUT2D eigenvalue weighted by Gasteiger charge is 2.30. The van der Waals surface area contributed by atoms with Crippen LogP contribution < -0.4 is 5.32 Å². The van der Waals surface area contributed by atoms with Crippen molar-refractivity contribution in [1.82, 2.24) is 15.1 Å². The van der Waals surface area contributed by atoms with E-state index in [1.165, 1.54) is 0 Å². The van der Waals surface area contributed by atoms with Gasteiger partial charge in [-0.3, -0.25) is 9.59 Å². The molecule has 2 amide bonds. The third-order valence-corrected chi connectivity index (χ3v) is 5.53. The molecule has 0 aliphatic carbocycles. The van der Waals surface area contributed by atoms with Crippen LogP contribution in [0.15, 0.2) is 18.2 Å². The molecule has 5 nitrogen and oxygen atoms in total. The van der Waals surface area contributed by atoms with Crippen molar-refractivity contribution in [3.05, 3.63) is 33.8 Å². The van der Waals surface area contributed by atoms with Gasteiger partial charge in [0.1, 0.15) is 0 Å². The van der Waals surface area contributed by atoms with E-state index < -0.39 is 0 Å². The molecule has 2 aliphatic heterocycles. The fourth-order valence-corrected chi connectivity index (χ4v) is 3.67. The SMILES string of the molecule is O=C(c1cccc(Cl)c1Cl)N1CCN(C(=O)C2CCCNC2)CC1. The van der Waals surface area contributed by atoms with Crippen molar-refractivity contribution >= 4 is 35.0 Å². The maximum Gasteiger partial charge on any atom is 0.255 e. The van der Waals surface area contributed by atoms with Gasteiger partial charge in [0.2, 0.25) is 5.91 Å². The minimum atomic E-state index is -0.131. The number of carbonyl (C=O) groups is 2. The predicted octanol–water partition coefficient (Wildman–Crippen LogP) is 2.28. The van der Waals surface area contributed by atoms with Gasteiger partial charge in [-0.2, -0.15) is 0 Å². The van der Waals surface area contributed by atoms with Gasteiger partial charge in [-0.25, -0.2) is 0 Å². The zero-order valence-corrected chi connectivity index (χ0v) is 14.9. The third kappa shape index (κ3) is 3.68. The Hall–Kier alpha value is -1.30. The van der Waals surface area contributed by atoms with Gasteiger partial charge in [0.15, 0.2) is 0 Å². The molecule has 2 aliphatic rings. The number of hydrogen-bond acceptors (Lipinski definition) is 3. The summed E-state index contributed by atoms with van der Waals surface area (Å²) in [6, 6.07) is 5.06. The number of piperidine rings is 1. The Kier molecular flexibility index (Phi) is 5.64. The first-order valence-corrected chi connectivity index (χ1v) is 9.06. The van der Waals surface area contributed by atoms with Crippen LogP contribution in [0.3, 0.4) is 0 Å². The van der Waals surface area contributed by atoms with Crippen LogP contribution in [0.5, 0.6) is 0 Å². The van der Waals surface area contributed by atoms with Gasteiger partial charge < -0.3 is 15.1 Å². The molecule has 0 bridgehead atoms. The summed E-state index contributed by atoms with van der Waals surface area (Å²) in [5.41, 5.74) is 0.417. The molecule has 130 valence electrons. The van der Waals surface area contributed by atoms with Crippen molar-refractivity contribution in [1.29, 1.82) is 0 Å². The number of benzene rings is 1. The fraction of sp³-hybridized carbons (Fsp3) is 0.529. The summed E-state index contributed by atoms with van der Waals surface area (Å²) in [6.45, 7) is 3.93. The zero-order chi connectivity index (χ0) is 17.1. The number of hydrogen-bond donors (Lipinski definition) is 1. The molecule has 0 spiro atoms. The molecule has 0 radical (unpaired) electrons. The maximum atomic E-state index is 12.6. The van der Waals surface area contributed by atoms with E-state index in [9.17, 15) is 9.59 Å². The summed E-state index contributed by atoms with van der Waals surface area (Å²) in [4.78, 5) is 28.8. The molecule has 1 aromatic carbocycles. The first kappa shape index (κ1) is 17.5. The van der Waals surface area contributed by atoms with Crippen molar-refractivity contribution in [3.63, 3.8) is 0 Å². The number of halogens is 2. The van der Waals surface area contributed by atoms with E-state index in [1.54, 1.807) is 23.1 Å². The monoisotopic (exact) mass is 369 g/mol. The Morgan fingerprint density at radius 2 is 1.79 bits per heavy atom. The molecule has 1 atom stereocenters. The van der Waals surface area contributed by atoms with E-state index in [0.29, 0.717) is 36.8 Å². The smallest absolute Gasteiger partial charge is 0.255 e. The van der Waals surface area contributed by atoms with Crippen LogP contribution in [-0.4, -0.2) is 60.9 Å². The summed E-state index contributed by atoms with van der Waals surface area (Å²) in [7, 11) is 0. The highest BCUT2D eigenvalue weighted by molar-refractivity contribution is 6.43. The molecule has 24 heavy (non-hydrogen) atoms. The molecule has 0 aromatic heterocycles. The lowest BCUT2D eigenvalue weighted by Crippen LogP contribution is -2.53. The quantitative estimate of drug-likeness (QED) is 0.869. The van der Waals surface area contributed by atoms with Gasteiger partial charge in [-0.15, -0.1) is 0 Å². The van der Waals surface area contributed by atoms with E-state index in [4.69, 9.17) is 23.2 Å². The molecule has 1 N–H and O–H groups in total. The van der Waals surface area contributed by atoms with Crippen LogP contribution in [0.2, 0.25) is 10.0 Å². The van der Waals surface area contributed by atoms with Gasteiger partial charge >= 0.3 is 0 Å². The first-order valence-electron chi connectivity index (χ1n) is 8.30. The second kappa shape index (κ2) is 7.72. The predicted molar refractivity (Wildman–Crippen MR) is 94.5 cm³/mol. The number of nitrogens with one attached hydrogen (secondary N) is 1. The third-order valence-electron chi connectivity index (χ3n) is 4.71. The molecule has 1 aromatic rings. The van der Waals surface area contributed by atoms with Crippen LogP contribution in [-0.2, 0) is 4.79 Å². The van der Waals surface area contributed by atoms with Gasteiger partial charge in [0.25, 0.3) is 5.91 Å². The van der Waals surface area contributed by atoms with Crippen LogP contribution >= 0.6 is 23.2 Å². The van der Waals surface area contributed by atoms with Gasteiger partial charge in [-0.1, -0.05) is 29.3 Å². The highest BCUT2D eigenvalue weighted by Crippen LogP contribution is 2.27. The average Bonchev–Trinajstić information content (AvgIpc) is 2.64. The first-order chi connectivity index (χ1) is 11.6. The second-order valence-corrected chi connectivity index (χ2v) is 7.05. The van der Waals surface area contributed by atoms with Crippen molar-refractivity contribution in [2.24, 2.45) is 5.92 Å². The molecule has 2 saturated heterocycles. The molecule has 2 fully saturated rings. The van der Waals surface area contributed by atoms with E-state index >= 15 is 0 Å². The summed E-state index contributed by atoms with van der Waals surface area (Å²) in [5.74, 6) is 0.146. The molecule has 1 unspecified atom stereocenters. The molecular weight excluding hydrogens is 349 g/mol. The number of carbonyl (C=O) groups excluding carboxylic acids is 2. The standard InChI is InChI=1S/C17H21Cl2N3O2/c18-14-5-1-4-13(15(14)19)17(24)22-9-7-21(8-10-22)16(23)12-3-2-6-20-11-12/h1,4-5,12,20H,2-3,6-11H2. The Bertz CT molecular complexity index is 624. The largest absolute Gasteiger partial charge is 0.339 e. The van der Waals surface area contributed by atoms with Crippen LogP contribution in [0.4, 0.5) is 0 Å². The Morgan fingerprint density at radius 1 is 1.08 bits per heavy atom.